The summed E-state index contributed by atoms with van der Waals surface area (Å²) in [7, 11) is 0. The van der Waals surface area contributed by atoms with Crippen molar-refractivity contribution in [3.05, 3.63) is 50.2 Å². The van der Waals surface area contributed by atoms with E-state index in [1.165, 1.54) is 17.1 Å². The first-order valence-corrected chi connectivity index (χ1v) is 6.88. The normalized spacial score (nSPS) is 10.5. The highest BCUT2D eigenvalue weighted by molar-refractivity contribution is 9.10. The van der Waals surface area contributed by atoms with Crippen molar-refractivity contribution < 1.29 is 0 Å². The van der Waals surface area contributed by atoms with Gasteiger partial charge in [0.2, 0.25) is 0 Å². The largest absolute Gasteiger partial charge is 0.370 e. The van der Waals surface area contributed by atoms with E-state index in [2.05, 4.69) is 31.2 Å². The lowest BCUT2D eigenvalue weighted by Gasteiger charge is -2.09. The van der Waals surface area contributed by atoms with E-state index in [0.29, 0.717) is 15.2 Å². The van der Waals surface area contributed by atoms with E-state index >= 15 is 0 Å². The van der Waals surface area contributed by atoms with Gasteiger partial charge in [-0.3, -0.25) is 9.36 Å². The Morgan fingerprint density at radius 2 is 2.26 bits per heavy atom. The molecule has 0 aliphatic rings. The molecular formula is C12H12BrClN4O. The molecule has 0 aliphatic heterocycles. The van der Waals surface area contributed by atoms with Gasteiger partial charge in [0.1, 0.15) is 10.3 Å². The monoisotopic (exact) mass is 342 g/mol. The first-order chi connectivity index (χ1) is 9.11. The molecule has 2 heterocycles. The smallest absolute Gasteiger partial charge is 0.267 e. The molecule has 0 saturated carbocycles. The molecule has 7 heteroatoms. The maximum absolute atomic E-state index is 11.9. The van der Waals surface area contributed by atoms with Gasteiger partial charge in [-0.25, -0.2) is 9.97 Å². The molecule has 0 aromatic carbocycles. The zero-order chi connectivity index (χ0) is 13.8. The van der Waals surface area contributed by atoms with Crippen LogP contribution in [0.4, 0.5) is 5.82 Å². The second-order valence-corrected chi connectivity index (χ2v) is 5.09. The summed E-state index contributed by atoms with van der Waals surface area (Å²) >= 11 is 9.26. The fourth-order valence-electron chi connectivity index (χ4n) is 1.57. The Labute approximate surface area is 123 Å². The highest BCUT2D eigenvalue weighted by Crippen LogP contribution is 2.17. The summed E-state index contributed by atoms with van der Waals surface area (Å²) in [6.45, 7) is 3.04. The van der Waals surface area contributed by atoms with Gasteiger partial charge in [0.15, 0.2) is 0 Å². The third kappa shape index (κ3) is 3.33. The zero-order valence-electron chi connectivity index (χ0n) is 10.2. The van der Waals surface area contributed by atoms with E-state index in [4.69, 9.17) is 11.6 Å². The van der Waals surface area contributed by atoms with Crippen LogP contribution < -0.4 is 10.9 Å². The Morgan fingerprint density at radius 1 is 1.47 bits per heavy atom. The van der Waals surface area contributed by atoms with Crippen molar-refractivity contribution >= 4 is 33.3 Å². The van der Waals surface area contributed by atoms with E-state index in [9.17, 15) is 4.79 Å². The first-order valence-electron chi connectivity index (χ1n) is 5.71. The number of nitrogens with one attached hydrogen (secondary N) is 1. The van der Waals surface area contributed by atoms with Crippen LogP contribution in [0.2, 0.25) is 5.02 Å². The van der Waals surface area contributed by atoms with Crippen LogP contribution in [-0.4, -0.2) is 21.1 Å². The lowest BCUT2D eigenvalue weighted by Crippen LogP contribution is -2.22. The molecular weight excluding hydrogens is 332 g/mol. The van der Waals surface area contributed by atoms with Crippen LogP contribution in [-0.2, 0) is 6.54 Å². The Hall–Kier alpha value is -1.40. The van der Waals surface area contributed by atoms with Crippen LogP contribution >= 0.6 is 27.5 Å². The molecule has 0 bridgehead atoms. The van der Waals surface area contributed by atoms with Crippen LogP contribution in [0.15, 0.2) is 33.9 Å². The van der Waals surface area contributed by atoms with Crippen molar-refractivity contribution in [3.63, 3.8) is 0 Å². The van der Waals surface area contributed by atoms with Crippen LogP contribution in [0, 0.1) is 0 Å². The molecule has 0 amide bonds. The predicted octanol–water partition coefficient (Wildman–Crippen LogP) is 2.53. The molecule has 19 heavy (non-hydrogen) atoms. The van der Waals surface area contributed by atoms with Gasteiger partial charge in [0.05, 0.1) is 23.6 Å². The maximum Gasteiger partial charge on any atom is 0.267 e. The molecule has 2 aromatic rings. The molecule has 0 unspecified atom stereocenters. The molecule has 2 aromatic heterocycles. The maximum atomic E-state index is 11.9. The fourth-order valence-corrected chi connectivity index (χ4v) is 2.08. The van der Waals surface area contributed by atoms with Gasteiger partial charge in [-0.15, -0.1) is 0 Å². The number of aromatic nitrogens is 3. The van der Waals surface area contributed by atoms with Crippen molar-refractivity contribution in [1.82, 2.24) is 14.5 Å². The summed E-state index contributed by atoms with van der Waals surface area (Å²) in [4.78, 5) is 20.2. The summed E-state index contributed by atoms with van der Waals surface area (Å²) in [5.41, 5.74) is 0.462. The summed E-state index contributed by atoms with van der Waals surface area (Å²) in [6.07, 6.45) is 2.92. The molecule has 0 saturated heterocycles. The average molecular weight is 344 g/mol. The van der Waals surface area contributed by atoms with Gasteiger partial charge in [0, 0.05) is 12.7 Å². The highest BCUT2D eigenvalue weighted by atomic mass is 79.9. The third-order valence-corrected chi connectivity index (χ3v) is 3.34. The van der Waals surface area contributed by atoms with Crippen molar-refractivity contribution in [3.8, 4) is 0 Å². The summed E-state index contributed by atoms with van der Waals surface area (Å²) in [5.74, 6) is 0.734. The number of pyridine rings is 1. The number of halogens is 2. The van der Waals surface area contributed by atoms with E-state index in [1.807, 2.05) is 6.92 Å². The molecule has 100 valence electrons. The summed E-state index contributed by atoms with van der Waals surface area (Å²) in [5, 5.41) is 3.63. The third-order valence-electron chi connectivity index (χ3n) is 2.46. The molecule has 0 spiro atoms. The number of hydrogen-bond donors (Lipinski definition) is 1. The number of nitrogens with zero attached hydrogens (tertiary/aromatic N) is 3. The van der Waals surface area contributed by atoms with Gasteiger partial charge in [-0.2, -0.15) is 0 Å². The van der Waals surface area contributed by atoms with E-state index in [0.717, 1.165) is 12.4 Å². The minimum absolute atomic E-state index is 0.165. The van der Waals surface area contributed by atoms with E-state index in [1.54, 1.807) is 12.1 Å². The molecule has 5 nitrogen and oxygen atoms in total. The molecule has 2 rings (SSSR count). The standard InChI is InChI=1S/C12H12BrClN4O/c1-2-16-11-4-3-9(14)10(17-11)6-18-7-15-5-8(13)12(18)19/h3-5,7H,2,6H2,1H3,(H,16,17). The van der Waals surface area contributed by atoms with E-state index in [-0.39, 0.29) is 12.1 Å². The number of anilines is 1. The van der Waals surface area contributed by atoms with Crippen LogP contribution in [0.25, 0.3) is 0 Å². The SMILES string of the molecule is CCNc1ccc(Cl)c(Cn2cncc(Br)c2=O)n1. The van der Waals surface area contributed by atoms with Gasteiger partial charge in [0.25, 0.3) is 5.56 Å². The minimum atomic E-state index is -0.165. The van der Waals surface area contributed by atoms with Gasteiger partial charge < -0.3 is 5.32 Å². The Morgan fingerprint density at radius 3 is 3.00 bits per heavy atom. The molecule has 1 N–H and O–H groups in total. The predicted molar refractivity (Wildman–Crippen MR) is 78.7 cm³/mol. The topological polar surface area (TPSA) is 59.8 Å². The lowest BCUT2D eigenvalue weighted by atomic mass is 10.3. The van der Waals surface area contributed by atoms with Crippen LogP contribution in [0.3, 0.4) is 0 Å². The van der Waals surface area contributed by atoms with Crippen molar-refractivity contribution in [1.29, 1.82) is 0 Å². The number of hydrogen-bond acceptors (Lipinski definition) is 4. The van der Waals surface area contributed by atoms with E-state index < -0.39 is 0 Å². The Kier molecular flexibility index (Phi) is 4.55. The van der Waals surface area contributed by atoms with Crippen LogP contribution in [0.1, 0.15) is 12.6 Å². The average Bonchev–Trinajstić information content (AvgIpc) is 2.39. The van der Waals surface area contributed by atoms with Gasteiger partial charge >= 0.3 is 0 Å². The minimum Gasteiger partial charge on any atom is -0.370 e. The van der Waals surface area contributed by atoms with Gasteiger partial charge in [-0.1, -0.05) is 11.6 Å². The Balaban J connectivity index is 2.34. The second kappa shape index (κ2) is 6.16. The summed E-state index contributed by atoms with van der Waals surface area (Å²) in [6, 6.07) is 3.57. The second-order valence-electron chi connectivity index (χ2n) is 3.83. The zero-order valence-corrected chi connectivity index (χ0v) is 12.6. The quantitative estimate of drug-likeness (QED) is 0.927. The number of rotatable bonds is 4. The lowest BCUT2D eigenvalue weighted by molar-refractivity contribution is 0.715. The van der Waals surface area contributed by atoms with Crippen LogP contribution in [0.5, 0.6) is 0 Å². The first kappa shape index (κ1) is 14.0. The van der Waals surface area contributed by atoms with Gasteiger partial charge in [-0.05, 0) is 35.0 Å². The Bertz CT molecular complexity index is 644. The van der Waals surface area contributed by atoms with Crippen molar-refractivity contribution in [2.24, 2.45) is 0 Å². The van der Waals surface area contributed by atoms with Crippen molar-refractivity contribution in [2.45, 2.75) is 13.5 Å². The van der Waals surface area contributed by atoms with Crippen molar-refractivity contribution in [2.75, 3.05) is 11.9 Å². The molecule has 0 fully saturated rings. The summed E-state index contributed by atoms with van der Waals surface area (Å²) < 4.78 is 1.86. The molecule has 0 aliphatic carbocycles. The fraction of sp³-hybridized carbons (Fsp3) is 0.250. The molecule has 0 radical (unpaired) electrons. The highest BCUT2D eigenvalue weighted by Gasteiger charge is 2.07. The molecule has 0 atom stereocenters.